The Morgan fingerprint density at radius 2 is 1.94 bits per heavy atom. The molecule has 0 saturated carbocycles. The fraction of sp³-hybridized carbons (Fsp3) is 0.417. The van der Waals surface area contributed by atoms with Gasteiger partial charge in [0, 0.05) is 24.7 Å². The van der Waals surface area contributed by atoms with Crippen molar-refractivity contribution in [2.45, 2.75) is 33.1 Å². The fourth-order valence-electron chi connectivity index (χ4n) is 1.56. The second-order valence-electron chi connectivity index (χ2n) is 4.92. The molecule has 0 aliphatic rings. The molecular formula is C12H16N2O3. The van der Waals surface area contributed by atoms with E-state index in [1.54, 1.807) is 6.07 Å². The molecule has 0 radical (unpaired) electrons. The van der Waals surface area contributed by atoms with Crippen LogP contribution >= 0.6 is 0 Å². The van der Waals surface area contributed by atoms with Crippen LogP contribution in [0.4, 0.5) is 11.4 Å². The maximum atomic E-state index is 11.1. The van der Waals surface area contributed by atoms with Gasteiger partial charge < -0.3 is 5.32 Å². The fourth-order valence-corrected chi connectivity index (χ4v) is 1.56. The molecule has 92 valence electrons. The Morgan fingerprint density at radius 3 is 2.35 bits per heavy atom. The smallest absolute Gasteiger partial charge is 0.269 e. The molecule has 0 unspecified atom stereocenters. The van der Waals surface area contributed by atoms with Crippen LogP contribution < -0.4 is 5.32 Å². The lowest BCUT2D eigenvalue weighted by atomic mass is 9.85. The summed E-state index contributed by atoms with van der Waals surface area (Å²) in [6, 6.07) is 4.46. The van der Waals surface area contributed by atoms with Crippen molar-refractivity contribution in [1.82, 2.24) is 0 Å². The summed E-state index contributed by atoms with van der Waals surface area (Å²) in [5, 5.41) is 13.4. The maximum Gasteiger partial charge on any atom is 0.269 e. The van der Waals surface area contributed by atoms with Crippen LogP contribution in [0.25, 0.3) is 0 Å². The van der Waals surface area contributed by atoms with Crippen LogP contribution in [0.3, 0.4) is 0 Å². The van der Waals surface area contributed by atoms with Crippen molar-refractivity contribution >= 4 is 17.3 Å². The molecule has 1 rings (SSSR count). The molecule has 0 heterocycles. The van der Waals surface area contributed by atoms with E-state index in [1.165, 1.54) is 19.1 Å². The number of benzene rings is 1. The highest BCUT2D eigenvalue weighted by molar-refractivity contribution is 5.90. The molecule has 1 aromatic carbocycles. The first-order valence-corrected chi connectivity index (χ1v) is 5.28. The van der Waals surface area contributed by atoms with Crippen molar-refractivity contribution in [3.05, 3.63) is 33.9 Å². The van der Waals surface area contributed by atoms with E-state index >= 15 is 0 Å². The number of carbonyl (C=O) groups excluding carboxylic acids is 1. The predicted molar refractivity (Wildman–Crippen MR) is 66.1 cm³/mol. The number of anilines is 1. The number of hydrogen-bond acceptors (Lipinski definition) is 3. The highest BCUT2D eigenvalue weighted by Crippen LogP contribution is 2.32. The minimum Gasteiger partial charge on any atom is -0.326 e. The van der Waals surface area contributed by atoms with Gasteiger partial charge in [-0.3, -0.25) is 14.9 Å². The average molecular weight is 236 g/mol. The van der Waals surface area contributed by atoms with E-state index in [2.05, 4.69) is 5.32 Å². The number of nitro groups is 1. The molecule has 1 aromatic rings. The number of nitrogens with zero attached hydrogens (tertiary/aromatic N) is 1. The number of hydrogen-bond donors (Lipinski definition) is 1. The molecule has 5 heteroatoms. The van der Waals surface area contributed by atoms with E-state index < -0.39 is 4.92 Å². The standard InChI is InChI=1S/C12H16N2O3/c1-8(15)13-11-6-5-9(14(16)17)7-10(11)12(2,3)4/h5-7H,1-4H3,(H,13,15). The van der Waals surface area contributed by atoms with Gasteiger partial charge in [0.2, 0.25) is 5.91 Å². The van der Waals surface area contributed by atoms with E-state index in [-0.39, 0.29) is 17.0 Å². The Hall–Kier alpha value is -1.91. The van der Waals surface area contributed by atoms with Gasteiger partial charge in [-0.1, -0.05) is 20.8 Å². The zero-order valence-corrected chi connectivity index (χ0v) is 10.4. The first-order valence-electron chi connectivity index (χ1n) is 5.28. The Labute approximate surface area is 100.0 Å². The maximum absolute atomic E-state index is 11.1. The van der Waals surface area contributed by atoms with Gasteiger partial charge in [-0.2, -0.15) is 0 Å². The van der Waals surface area contributed by atoms with Crippen molar-refractivity contribution < 1.29 is 9.72 Å². The summed E-state index contributed by atoms with van der Waals surface area (Å²) in [5.74, 6) is -0.190. The number of carbonyl (C=O) groups is 1. The third-order valence-corrected chi connectivity index (χ3v) is 2.33. The van der Waals surface area contributed by atoms with Crippen LogP contribution in [0, 0.1) is 10.1 Å². The summed E-state index contributed by atoms with van der Waals surface area (Å²) < 4.78 is 0. The number of rotatable bonds is 2. The zero-order chi connectivity index (χ0) is 13.2. The van der Waals surface area contributed by atoms with Crippen molar-refractivity contribution in [2.24, 2.45) is 0 Å². The highest BCUT2D eigenvalue weighted by atomic mass is 16.6. The quantitative estimate of drug-likeness (QED) is 0.633. The molecule has 0 aromatic heterocycles. The van der Waals surface area contributed by atoms with Crippen LogP contribution in [-0.4, -0.2) is 10.8 Å². The van der Waals surface area contributed by atoms with Gasteiger partial charge in [0.1, 0.15) is 0 Å². The van der Waals surface area contributed by atoms with E-state index in [1.807, 2.05) is 20.8 Å². The monoisotopic (exact) mass is 236 g/mol. The summed E-state index contributed by atoms with van der Waals surface area (Å²) in [7, 11) is 0. The number of amides is 1. The first-order chi connectivity index (χ1) is 7.71. The second-order valence-corrected chi connectivity index (χ2v) is 4.92. The zero-order valence-electron chi connectivity index (χ0n) is 10.4. The van der Waals surface area contributed by atoms with Crippen LogP contribution in [-0.2, 0) is 10.2 Å². The lowest BCUT2D eigenvalue weighted by molar-refractivity contribution is -0.384. The van der Waals surface area contributed by atoms with E-state index in [0.29, 0.717) is 5.69 Å². The van der Waals surface area contributed by atoms with Crippen molar-refractivity contribution in [3.8, 4) is 0 Å². The molecule has 0 fully saturated rings. The molecule has 0 spiro atoms. The molecule has 0 saturated heterocycles. The van der Waals surface area contributed by atoms with Gasteiger partial charge >= 0.3 is 0 Å². The second kappa shape index (κ2) is 4.53. The molecule has 0 atom stereocenters. The van der Waals surface area contributed by atoms with Crippen LogP contribution in [0.15, 0.2) is 18.2 Å². The van der Waals surface area contributed by atoms with Crippen LogP contribution in [0.5, 0.6) is 0 Å². The molecule has 17 heavy (non-hydrogen) atoms. The van der Waals surface area contributed by atoms with Gasteiger partial charge in [0.05, 0.1) is 4.92 Å². The lowest BCUT2D eigenvalue weighted by Gasteiger charge is -2.22. The lowest BCUT2D eigenvalue weighted by Crippen LogP contribution is -2.17. The summed E-state index contributed by atoms with van der Waals surface area (Å²) in [6.45, 7) is 7.24. The normalized spacial score (nSPS) is 11.1. The number of nitro benzene ring substituents is 1. The Kier molecular flexibility index (Phi) is 3.50. The van der Waals surface area contributed by atoms with Crippen LogP contribution in [0.2, 0.25) is 0 Å². The first kappa shape index (κ1) is 13.2. The largest absolute Gasteiger partial charge is 0.326 e. The summed E-state index contributed by atoms with van der Waals surface area (Å²) >= 11 is 0. The Bertz CT molecular complexity index is 461. The Morgan fingerprint density at radius 1 is 1.35 bits per heavy atom. The molecule has 0 aliphatic carbocycles. The van der Waals surface area contributed by atoms with E-state index in [0.717, 1.165) is 5.56 Å². The molecule has 0 bridgehead atoms. The summed E-state index contributed by atoms with van der Waals surface area (Å²) in [4.78, 5) is 21.4. The number of non-ortho nitro benzene ring substituents is 1. The summed E-state index contributed by atoms with van der Waals surface area (Å²) in [6.07, 6.45) is 0. The van der Waals surface area contributed by atoms with Gasteiger partial charge in [-0.15, -0.1) is 0 Å². The molecule has 0 aliphatic heterocycles. The van der Waals surface area contributed by atoms with Gasteiger partial charge in [0.25, 0.3) is 5.69 Å². The minimum absolute atomic E-state index is 0.0315. The highest BCUT2D eigenvalue weighted by Gasteiger charge is 2.21. The molecule has 5 nitrogen and oxygen atoms in total. The van der Waals surface area contributed by atoms with Crippen LogP contribution in [0.1, 0.15) is 33.3 Å². The van der Waals surface area contributed by atoms with E-state index in [9.17, 15) is 14.9 Å². The predicted octanol–water partition coefficient (Wildman–Crippen LogP) is 2.85. The minimum atomic E-state index is -0.438. The summed E-state index contributed by atoms with van der Waals surface area (Å²) in [5.41, 5.74) is 1.13. The van der Waals surface area contributed by atoms with Gasteiger partial charge in [0.15, 0.2) is 0 Å². The molecular weight excluding hydrogens is 220 g/mol. The van der Waals surface area contributed by atoms with Crippen molar-refractivity contribution in [2.75, 3.05) is 5.32 Å². The average Bonchev–Trinajstić information content (AvgIpc) is 2.15. The Balaban J connectivity index is 3.31. The van der Waals surface area contributed by atoms with Gasteiger partial charge in [-0.05, 0) is 17.0 Å². The molecule has 1 N–H and O–H groups in total. The topological polar surface area (TPSA) is 72.2 Å². The number of nitrogens with one attached hydrogen (secondary N) is 1. The SMILES string of the molecule is CC(=O)Nc1ccc([N+](=O)[O-])cc1C(C)(C)C. The van der Waals surface area contributed by atoms with Crippen molar-refractivity contribution in [3.63, 3.8) is 0 Å². The third-order valence-electron chi connectivity index (χ3n) is 2.33. The molecule has 1 amide bonds. The van der Waals surface area contributed by atoms with Crippen molar-refractivity contribution in [1.29, 1.82) is 0 Å². The van der Waals surface area contributed by atoms with E-state index in [4.69, 9.17) is 0 Å². The third kappa shape index (κ3) is 3.27. The van der Waals surface area contributed by atoms with Gasteiger partial charge in [-0.25, -0.2) is 0 Å².